The van der Waals surface area contributed by atoms with Crippen LogP contribution in [0.2, 0.25) is 0 Å². The van der Waals surface area contributed by atoms with Crippen LogP contribution in [0.25, 0.3) is 0 Å². The quantitative estimate of drug-likeness (QED) is 0.702. The fourth-order valence-corrected chi connectivity index (χ4v) is 4.02. The van der Waals surface area contributed by atoms with Gasteiger partial charge in [0.05, 0.1) is 24.3 Å². The number of likely N-dealkylation sites (tertiary alicyclic amines) is 1. The van der Waals surface area contributed by atoms with Crippen LogP contribution in [0, 0.1) is 0 Å². The number of esters is 1. The number of nitrogens with zero attached hydrogens (tertiary/aromatic N) is 3. The van der Waals surface area contributed by atoms with Crippen molar-refractivity contribution in [2.45, 2.75) is 44.3 Å². The number of alkyl halides is 3. The molecule has 0 radical (unpaired) electrons. The third-order valence-corrected chi connectivity index (χ3v) is 5.59. The van der Waals surface area contributed by atoms with Crippen LogP contribution in [0.1, 0.15) is 54.3 Å². The molecule has 0 atom stereocenters. The predicted octanol–water partition coefficient (Wildman–Crippen LogP) is 3.83. The first-order valence-corrected chi connectivity index (χ1v) is 9.69. The molecule has 1 aromatic carbocycles. The molecular weight excluding hydrogens is 399 g/mol. The van der Waals surface area contributed by atoms with Crippen LogP contribution >= 0.6 is 0 Å². The number of hydrogen-bond donors (Lipinski definition) is 0. The van der Waals surface area contributed by atoms with Crippen molar-refractivity contribution < 1.29 is 27.5 Å². The van der Waals surface area contributed by atoms with Crippen LogP contribution in [0.15, 0.2) is 36.5 Å². The molecule has 1 saturated heterocycles. The van der Waals surface area contributed by atoms with Crippen LogP contribution in [0.3, 0.4) is 0 Å². The largest absolute Gasteiger partial charge is 0.468 e. The standard InChI is InChI=1S/C21H24F3N3O3/c1-14(2)27-17(21(22,23)24)16(13-25-27)18(28)26-11-9-20(10-12-26,19(29)30-3)15-7-5-4-6-8-15/h4-8,13-14H,9-12H2,1-3H3. The molecule has 0 N–H and O–H groups in total. The van der Waals surface area contributed by atoms with E-state index in [0.717, 1.165) is 16.4 Å². The maximum Gasteiger partial charge on any atom is 0.433 e. The van der Waals surface area contributed by atoms with Gasteiger partial charge >= 0.3 is 12.1 Å². The van der Waals surface area contributed by atoms with Crippen molar-refractivity contribution in [2.75, 3.05) is 20.2 Å². The second kappa shape index (κ2) is 8.12. The first-order valence-electron chi connectivity index (χ1n) is 9.69. The smallest absolute Gasteiger partial charge is 0.433 e. The molecule has 162 valence electrons. The van der Waals surface area contributed by atoms with Crippen molar-refractivity contribution >= 4 is 11.9 Å². The molecule has 1 fully saturated rings. The number of methoxy groups -OCH3 is 1. The number of amides is 1. The topological polar surface area (TPSA) is 64.4 Å². The lowest BCUT2D eigenvalue weighted by molar-refractivity contribution is -0.149. The van der Waals surface area contributed by atoms with Crippen molar-refractivity contribution in [3.05, 3.63) is 53.3 Å². The second-order valence-corrected chi connectivity index (χ2v) is 7.67. The average molecular weight is 423 g/mol. The van der Waals surface area contributed by atoms with Crippen LogP contribution in [-0.2, 0) is 21.1 Å². The summed E-state index contributed by atoms with van der Waals surface area (Å²) >= 11 is 0. The Morgan fingerprint density at radius 3 is 2.23 bits per heavy atom. The fourth-order valence-electron chi connectivity index (χ4n) is 4.02. The van der Waals surface area contributed by atoms with Gasteiger partial charge in [0.1, 0.15) is 0 Å². The van der Waals surface area contributed by atoms with Gasteiger partial charge in [-0.15, -0.1) is 0 Å². The number of rotatable bonds is 4. The lowest BCUT2D eigenvalue weighted by atomic mass is 9.72. The summed E-state index contributed by atoms with van der Waals surface area (Å²) in [6, 6.07) is 8.56. The number of piperidine rings is 1. The molecule has 2 aromatic rings. The number of halogens is 3. The van der Waals surface area contributed by atoms with Crippen LogP contribution < -0.4 is 0 Å². The molecule has 0 saturated carbocycles. The third kappa shape index (κ3) is 3.80. The summed E-state index contributed by atoms with van der Waals surface area (Å²) in [6.45, 7) is 3.41. The minimum Gasteiger partial charge on any atom is -0.468 e. The van der Waals surface area contributed by atoms with Gasteiger partial charge in [0.15, 0.2) is 5.69 Å². The Morgan fingerprint density at radius 1 is 1.13 bits per heavy atom. The summed E-state index contributed by atoms with van der Waals surface area (Å²) in [6.07, 6.45) is -3.21. The summed E-state index contributed by atoms with van der Waals surface area (Å²) in [5.74, 6) is -1.15. The van der Waals surface area contributed by atoms with E-state index in [9.17, 15) is 22.8 Å². The van der Waals surface area contributed by atoms with Gasteiger partial charge < -0.3 is 9.64 Å². The minimum atomic E-state index is -4.71. The van der Waals surface area contributed by atoms with Gasteiger partial charge in [-0.3, -0.25) is 14.3 Å². The first kappa shape index (κ1) is 21.9. The van der Waals surface area contributed by atoms with E-state index >= 15 is 0 Å². The van der Waals surface area contributed by atoms with E-state index in [1.54, 1.807) is 13.8 Å². The van der Waals surface area contributed by atoms with Crippen molar-refractivity contribution in [3.8, 4) is 0 Å². The Hall–Kier alpha value is -2.84. The van der Waals surface area contributed by atoms with E-state index in [1.165, 1.54) is 12.0 Å². The van der Waals surface area contributed by atoms with Gasteiger partial charge in [-0.05, 0) is 32.3 Å². The summed E-state index contributed by atoms with van der Waals surface area (Å²) in [5, 5.41) is 3.79. The SMILES string of the molecule is COC(=O)C1(c2ccccc2)CCN(C(=O)c2cnn(C(C)C)c2C(F)(F)F)CC1. The average Bonchev–Trinajstić information content (AvgIpc) is 3.19. The minimum absolute atomic E-state index is 0.132. The molecule has 1 aliphatic rings. The molecule has 1 amide bonds. The second-order valence-electron chi connectivity index (χ2n) is 7.67. The molecular formula is C21H24F3N3O3. The lowest BCUT2D eigenvalue weighted by Crippen LogP contribution is -2.49. The van der Waals surface area contributed by atoms with E-state index in [2.05, 4.69) is 5.10 Å². The third-order valence-electron chi connectivity index (χ3n) is 5.59. The van der Waals surface area contributed by atoms with E-state index in [0.29, 0.717) is 0 Å². The van der Waals surface area contributed by atoms with Gasteiger partial charge in [-0.25, -0.2) is 0 Å². The summed E-state index contributed by atoms with van der Waals surface area (Å²) in [5.41, 5.74) is -1.67. The predicted molar refractivity (Wildman–Crippen MR) is 103 cm³/mol. The molecule has 0 spiro atoms. The number of benzene rings is 1. The highest BCUT2D eigenvalue weighted by atomic mass is 19.4. The Morgan fingerprint density at radius 2 is 1.73 bits per heavy atom. The molecule has 30 heavy (non-hydrogen) atoms. The monoisotopic (exact) mass is 423 g/mol. The molecule has 9 heteroatoms. The molecule has 0 unspecified atom stereocenters. The zero-order chi connectivity index (χ0) is 22.1. The van der Waals surface area contributed by atoms with Crippen LogP contribution in [0.4, 0.5) is 13.2 Å². The molecule has 6 nitrogen and oxygen atoms in total. The normalized spacial score (nSPS) is 16.6. The van der Waals surface area contributed by atoms with Crippen molar-refractivity contribution in [1.82, 2.24) is 14.7 Å². The Labute approximate surface area is 172 Å². The van der Waals surface area contributed by atoms with Crippen molar-refractivity contribution in [3.63, 3.8) is 0 Å². The zero-order valence-electron chi connectivity index (χ0n) is 17.1. The highest BCUT2D eigenvalue weighted by Crippen LogP contribution is 2.38. The molecule has 0 bridgehead atoms. The van der Waals surface area contributed by atoms with Gasteiger partial charge in [-0.1, -0.05) is 30.3 Å². The molecule has 1 aliphatic heterocycles. The highest BCUT2D eigenvalue weighted by molar-refractivity contribution is 5.95. The Bertz CT molecular complexity index is 915. The van der Waals surface area contributed by atoms with E-state index in [4.69, 9.17) is 4.74 Å². The van der Waals surface area contributed by atoms with Gasteiger partial charge in [0.25, 0.3) is 5.91 Å². The zero-order valence-corrected chi connectivity index (χ0v) is 17.1. The van der Waals surface area contributed by atoms with E-state index in [1.807, 2.05) is 30.3 Å². The van der Waals surface area contributed by atoms with E-state index < -0.39 is 40.8 Å². The Balaban J connectivity index is 1.88. The summed E-state index contributed by atoms with van der Waals surface area (Å²) in [4.78, 5) is 26.9. The van der Waals surface area contributed by atoms with Gasteiger partial charge in [0, 0.05) is 19.1 Å². The molecule has 1 aromatic heterocycles. The highest BCUT2D eigenvalue weighted by Gasteiger charge is 2.46. The summed E-state index contributed by atoms with van der Waals surface area (Å²) in [7, 11) is 1.31. The lowest BCUT2D eigenvalue weighted by Gasteiger charge is -2.40. The molecule has 2 heterocycles. The fraction of sp³-hybridized carbons (Fsp3) is 0.476. The summed E-state index contributed by atoms with van der Waals surface area (Å²) < 4.78 is 46.7. The maximum atomic E-state index is 13.6. The Kier molecular flexibility index (Phi) is 5.92. The number of ether oxygens (including phenoxy) is 1. The number of carbonyl (C=O) groups is 2. The van der Waals surface area contributed by atoms with Crippen LogP contribution in [-0.4, -0.2) is 46.8 Å². The van der Waals surface area contributed by atoms with Crippen molar-refractivity contribution in [1.29, 1.82) is 0 Å². The number of hydrogen-bond acceptors (Lipinski definition) is 4. The molecule has 3 rings (SSSR count). The number of carbonyl (C=O) groups excluding carboxylic acids is 2. The van der Waals surface area contributed by atoms with Gasteiger partial charge in [-0.2, -0.15) is 18.3 Å². The maximum absolute atomic E-state index is 13.6. The number of aromatic nitrogens is 2. The van der Waals surface area contributed by atoms with Crippen molar-refractivity contribution in [2.24, 2.45) is 0 Å². The van der Waals surface area contributed by atoms with Gasteiger partial charge in [0.2, 0.25) is 0 Å². The molecule has 0 aliphatic carbocycles. The van der Waals surface area contributed by atoms with E-state index in [-0.39, 0.29) is 25.9 Å². The first-order chi connectivity index (χ1) is 14.1. The van der Waals surface area contributed by atoms with Crippen LogP contribution in [0.5, 0.6) is 0 Å².